The number of allylic oxidation sites excluding steroid dienone is 1. The summed E-state index contributed by atoms with van der Waals surface area (Å²) in [5.41, 5.74) is 6.39. The van der Waals surface area contributed by atoms with E-state index in [4.69, 9.17) is 16.3 Å². The summed E-state index contributed by atoms with van der Waals surface area (Å²) in [5.74, 6) is 0.810. The molecule has 0 fully saturated rings. The first-order valence-electron chi connectivity index (χ1n) is 8.69. The fraction of sp³-hybridized carbons (Fsp3) is 0.318. The summed E-state index contributed by atoms with van der Waals surface area (Å²) >= 11 is 6.20. The van der Waals surface area contributed by atoms with Gasteiger partial charge in [0.25, 0.3) is 0 Å². The minimum absolute atomic E-state index is 0.0321. The molecule has 1 aliphatic heterocycles. The summed E-state index contributed by atoms with van der Waals surface area (Å²) in [6.07, 6.45) is 4.15. The third-order valence-corrected chi connectivity index (χ3v) is 5.56. The molecule has 0 amide bonds. The molecule has 136 valence electrons. The molecule has 3 nitrogen and oxygen atoms in total. The third kappa shape index (κ3) is 3.24. The molecular weight excluding hydrogens is 344 g/mol. The number of hydrogen-bond donors (Lipinski definition) is 0. The van der Waals surface area contributed by atoms with Crippen LogP contribution in [0.5, 0.6) is 5.75 Å². The number of likely N-dealkylation sites (N-methyl/N-ethyl adjacent to an activating group) is 1. The Balaban J connectivity index is 2.08. The van der Waals surface area contributed by atoms with Crippen molar-refractivity contribution >= 4 is 34.8 Å². The summed E-state index contributed by atoms with van der Waals surface area (Å²) in [7, 11) is 3.81. The van der Waals surface area contributed by atoms with Crippen molar-refractivity contribution in [3.8, 4) is 5.75 Å². The van der Waals surface area contributed by atoms with Gasteiger partial charge in [-0.15, -0.1) is 0 Å². The van der Waals surface area contributed by atoms with Gasteiger partial charge in [0, 0.05) is 41.2 Å². The highest BCUT2D eigenvalue weighted by Crippen LogP contribution is 2.41. The Morgan fingerprint density at radius 2 is 1.92 bits per heavy atom. The summed E-state index contributed by atoms with van der Waals surface area (Å²) in [4.78, 5) is 6.92. The van der Waals surface area contributed by atoms with E-state index in [2.05, 4.69) is 55.9 Å². The number of benzene rings is 2. The zero-order chi connectivity index (χ0) is 19.1. The first-order chi connectivity index (χ1) is 12.2. The van der Waals surface area contributed by atoms with E-state index in [-0.39, 0.29) is 5.54 Å². The Bertz CT molecular complexity index is 913. The lowest BCUT2D eigenvalue weighted by Gasteiger charge is -2.40. The first kappa shape index (κ1) is 18.5. The van der Waals surface area contributed by atoms with Gasteiger partial charge >= 0.3 is 0 Å². The fourth-order valence-electron chi connectivity index (χ4n) is 3.35. The zero-order valence-corrected chi connectivity index (χ0v) is 17.0. The minimum Gasteiger partial charge on any atom is -0.496 e. The van der Waals surface area contributed by atoms with E-state index in [0.29, 0.717) is 0 Å². The van der Waals surface area contributed by atoms with Gasteiger partial charge in [-0.05, 0) is 57.0 Å². The Hall–Kier alpha value is -2.26. The first-order valence-corrected chi connectivity index (χ1v) is 9.07. The number of ether oxygens (including phenoxy) is 1. The van der Waals surface area contributed by atoms with E-state index in [9.17, 15) is 0 Å². The average molecular weight is 369 g/mol. The number of anilines is 1. The van der Waals surface area contributed by atoms with Gasteiger partial charge in [0.15, 0.2) is 0 Å². The smallest absolute Gasteiger partial charge is 0.129 e. The van der Waals surface area contributed by atoms with Crippen molar-refractivity contribution in [2.75, 3.05) is 19.1 Å². The molecule has 1 heterocycles. The Morgan fingerprint density at radius 1 is 1.19 bits per heavy atom. The van der Waals surface area contributed by atoms with E-state index in [1.807, 2.05) is 31.3 Å². The van der Waals surface area contributed by atoms with E-state index in [1.165, 1.54) is 16.8 Å². The number of hydrogen-bond acceptors (Lipinski definition) is 3. The molecule has 0 aliphatic carbocycles. The van der Waals surface area contributed by atoms with E-state index in [0.717, 1.165) is 27.6 Å². The lowest BCUT2D eigenvalue weighted by atomic mass is 9.88. The SMILES string of the molecule is COc1cc2c(cc1C=Nc1cccc(Cl)c1C)C(C)=CC(C)(C)N2C. The predicted molar refractivity (Wildman–Crippen MR) is 113 cm³/mol. The molecule has 1 aliphatic rings. The molecule has 0 spiro atoms. The molecule has 0 atom stereocenters. The van der Waals surface area contributed by atoms with E-state index >= 15 is 0 Å². The monoisotopic (exact) mass is 368 g/mol. The van der Waals surface area contributed by atoms with E-state index in [1.54, 1.807) is 7.11 Å². The maximum Gasteiger partial charge on any atom is 0.129 e. The normalized spacial score (nSPS) is 15.8. The van der Waals surface area contributed by atoms with Gasteiger partial charge in [-0.1, -0.05) is 23.7 Å². The number of nitrogens with zero attached hydrogens (tertiary/aromatic N) is 2. The van der Waals surface area contributed by atoms with Crippen molar-refractivity contribution in [1.82, 2.24) is 0 Å². The highest BCUT2D eigenvalue weighted by Gasteiger charge is 2.29. The molecule has 4 heteroatoms. The van der Waals surface area contributed by atoms with Gasteiger partial charge < -0.3 is 9.64 Å². The maximum atomic E-state index is 6.20. The minimum atomic E-state index is -0.0321. The Labute approximate surface area is 161 Å². The topological polar surface area (TPSA) is 24.8 Å². The lowest BCUT2D eigenvalue weighted by Crippen LogP contribution is -2.42. The van der Waals surface area contributed by atoms with Crippen LogP contribution in [0.15, 0.2) is 41.4 Å². The average Bonchev–Trinajstić information content (AvgIpc) is 2.60. The van der Waals surface area contributed by atoms with Crippen LogP contribution in [0.3, 0.4) is 0 Å². The van der Waals surface area contributed by atoms with Gasteiger partial charge in [0.2, 0.25) is 0 Å². The maximum absolute atomic E-state index is 6.20. The van der Waals surface area contributed by atoms with Crippen LogP contribution < -0.4 is 9.64 Å². The van der Waals surface area contributed by atoms with Gasteiger partial charge in [-0.3, -0.25) is 4.99 Å². The molecule has 0 radical (unpaired) electrons. The van der Waals surface area contributed by atoms with Crippen LogP contribution in [0, 0.1) is 6.92 Å². The molecule has 2 aromatic carbocycles. The molecule has 0 N–H and O–H groups in total. The van der Waals surface area contributed by atoms with Crippen molar-refractivity contribution < 1.29 is 4.74 Å². The van der Waals surface area contributed by atoms with Gasteiger partial charge in [-0.2, -0.15) is 0 Å². The van der Waals surface area contributed by atoms with E-state index < -0.39 is 0 Å². The van der Waals surface area contributed by atoms with Crippen molar-refractivity contribution in [2.45, 2.75) is 33.2 Å². The highest BCUT2D eigenvalue weighted by molar-refractivity contribution is 6.31. The van der Waals surface area contributed by atoms with Crippen LogP contribution in [0.1, 0.15) is 37.5 Å². The molecular formula is C22H25ClN2O. The number of rotatable bonds is 3. The van der Waals surface area contributed by atoms with Crippen molar-refractivity contribution in [2.24, 2.45) is 4.99 Å². The fourth-order valence-corrected chi connectivity index (χ4v) is 3.52. The predicted octanol–water partition coefficient (Wildman–Crippen LogP) is 6.04. The molecule has 3 rings (SSSR count). The second kappa shape index (κ2) is 6.81. The summed E-state index contributed by atoms with van der Waals surface area (Å²) in [6.45, 7) is 8.55. The molecule has 0 aromatic heterocycles. The molecule has 0 saturated heterocycles. The van der Waals surface area contributed by atoms with Crippen molar-refractivity contribution in [3.63, 3.8) is 0 Å². The van der Waals surface area contributed by atoms with Crippen LogP contribution in [0.4, 0.5) is 11.4 Å². The number of aliphatic imine (C=N–C) groups is 1. The van der Waals surface area contributed by atoms with Crippen molar-refractivity contribution in [3.05, 3.63) is 58.1 Å². The van der Waals surface area contributed by atoms with Crippen LogP contribution >= 0.6 is 11.6 Å². The molecule has 0 unspecified atom stereocenters. The number of methoxy groups -OCH3 is 1. The van der Waals surface area contributed by atoms with Gasteiger partial charge in [0.1, 0.15) is 5.75 Å². The van der Waals surface area contributed by atoms with Crippen LogP contribution in [0.2, 0.25) is 5.02 Å². The lowest BCUT2D eigenvalue weighted by molar-refractivity contribution is 0.414. The summed E-state index contributed by atoms with van der Waals surface area (Å²) in [5, 5.41) is 0.722. The third-order valence-electron chi connectivity index (χ3n) is 5.15. The largest absolute Gasteiger partial charge is 0.496 e. The number of fused-ring (bicyclic) bond motifs is 1. The highest BCUT2D eigenvalue weighted by atomic mass is 35.5. The quantitative estimate of drug-likeness (QED) is 0.617. The second-order valence-corrected chi connectivity index (χ2v) is 7.70. The summed E-state index contributed by atoms with van der Waals surface area (Å²) in [6, 6.07) is 10.00. The van der Waals surface area contributed by atoms with Crippen LogP contribution in [-0.2, 0) is 0 Å². The Kier molecular flexibility index (Phi) is 4.85. The van der Waals surface area contributed by atoms with Gasteiger partial charge in [-0.25, -0.2) is 0 Å². The molecule has 2 aromatic rings. The van der Waals surface area contributed by atoms with Gasteiger partial charge in [0.05, 0.1) is 18.3 Å². The van der Waals surface area contributed by atoms with Crippen LogP contribution in [0.25, 0.3) is 5.57 Å². The molecule has 0 saturated carbocycles. The zero-order valence-electron chi connectivity index (χ0n) is 16.2. The Morgan fingerprint density at radius 3 is 2.62 bits per heavy atom. The second-order valence-electron chi connectivity index (χ2n) is 7.29. The molecule has 0 bridgehead atoms. The standard InChI is InChI=1S/C22H25ClN2O/c1-14-12-22(3,4)25(5)20-11-21(26-6)16(10-17(14)20)13-24-19-9-7-8-18(23)15(19)2/h7-13H,1-6H3. The number of halogens is 1. The van der Waals surface area contributed by atoms with Crippen LogP contribution in [-0.4, -0.2) is 25.9 Å². The molecule has 26 heavy (non-hydrogen) atoms. The van der Waals surface area contributed by atoms with Crippen molar-refractivity contribution in [1.29, 1.82) is 0 Å². The summed E-state index contributed by atoms with van der Waals surface area (Å²) < 4.78 is 5.64.